The van der Waals surface area contributed by atoms with E-state index in [1.54, 1.807) is 45.0 Å². The summed E-state index contributed by atoms with van der Waals surface area (Å²) >= 11 is 0. The lowest BCUT2D eigenvalue weighted by Gasteiger charge is -2.23. The van der Waals surface area contributed by atoms with E-state index in [0.717, 1.165) is 11.8 Å². The first-order valence-corrected chi connectivity index (χ1v) is 12.4. The Kier molecular flexibility index (Phi) is 6.15. The zero-order valence-corrected chi connectivity index (χ0v) is 20.0. The predicted octanol–water partition coefficient (Wildman–Crippen LogP) is 4.79. The number of hydrogen-bond acceptors (Lipinski definition) is 3. The highest BCUT2D eigenvalue weighted by molar-refractivity contribution is 7.92. The Morgan fingerprint density at radius 1 is 1.12 bits per heavy atom. The zero-order valence-electron chi connectivity index (χ0n) is 19.2. The van der Waals surface area contributed by atoms with Crippen molar-refractivity contribution in [2.24, 2.45) is 5.92 Å². The van der Waals surface area contributed by atoms with E-state index in [4.69, 9.17) is 0 Å². The van der Waals surface area contributed by atoms with Crippen molar-refractivity contribution in [3.8, 4) is 0 Å². The topological polar surface area (TPSA) is 75.3 Å². The van der Waals surface area contributed by atoms with Crippen LogP contribution in [0.1, 0.15) is 63.8 Å². The lowest BCUT2D eigenvalue weighted by molar-refractivity contribution is -0.123. The Hall–Kier alpha value is -2.48. The number of amides is 1. The maximum atomic E-state index is 14.7. The third-order valence-corrected chi connectivity index (χ3v) is 6.68. The van der Waals surface area contributed by atoms with Crippen molar-refractivity contribution in [2.45, 2.75) is 57.9 Å². The van der Waals surface area contributed by atoms with E-state index in [2.05, 4.69) is 10.0 Å². The number of halogens is 2. The molecule has 32 heavy (non-hydrogen) atoms. The summed E-state index contributed by atoms with van der Waals surface area (Å²) < 4.78 is 54.4. The summed E-state index contributed by atoms with van der Waals surface area (Å²) in [5.41, 5.74) is 0.512. The Morgan fingerprint density at radius 3 is 2.12 bits per heavy atom. The summed E-state index contributed by atoms with van der Waals surface area (Å²) in [4.78, 5) is 12.8. The molecule has 0 bridgehead atoms. The number of anilines is 1. The van der Waals surface area contributed by atoms with Crippen LogP contribution >= 0.6 is 0 Å². The van der Waals surface area contributed by atoms with Gasteiger partial charge in [0.25, 0.3) is 0 Å². The molecule has 5 nitrogen and oxygen atoms in total. The monoisotopic (exact) mass is 464 g/mol. The van der Waals surface area contributed by atoms with Gasteiger partial charge in [0.15, 0.2) is 0 Å². The smallest absolute Gasteiger partial charge is 0.229 e. The van der Waals surface area contributed by atoms with Crippen LogP contribution in [0.2, 0.25) is 0 Å². The molecule has 3 atom stereocenters. The van der Waals surface area contributed by atoms with Crippen molar-refractivity contribution < 1.29 is 22.0 Å². The number of rotatable bonds is 6. The third kappa shape index (κ3) is 5.11. The molecule has 0 radical (unpaired) electrons. The van der Waals surface area contributed by atoms with Gasteiger partial charge >= 0.3 is 0 Å². The molecular weight excluding hydrogens is 434 g/mol. The lowest BCUT2D eigenvalue weighted by Crippen LogP contribution is -2.30. The van der Waals surface area contributed by atoms with Crippen LogP contribution in [0.15, 0.2) is 36.4 Å². The van der Waals surface area contributed by atoms with Crippen LogP contribution in [-0.4, -0.2) is 20.6 Å². The Labute approximate surface area is 188 Å². The summed E-state index contributed by atoms with van der Waals surface area (Å²) in [6, 6.07) is 9.13. The molecule has 3 rings (SSSR count). The number of sulfonamides is 1. The van der Waals surface area contributed by atoms with Gasteiger partial charge in [0.1, 0.15) is 11.6 Å². The van der Waals surface area contributed by atoms with Gasteiger partial charge in [-0.15, -0.1) is 0 Å². The van der Waals surface area contributed by atoms with Crippen molar-refractivity contribution in [3.05, 3.63) is 64.7 Å². The molecule has 1 fully saturated rings. The molecule has 2 N–H and O–H groups in total. The number of carbonyl (C=O) groups is 1. The largest absolute Gasteiger partial charge is 0.349 e. The van der Waals surface area contributed by atoms with E-state index in [0.29, 0.717) is 17.7 Å². The lowest BCUT2D eigenvalue weighted by atomic mass is 9.83. The minimum absolute atomic E-state index is 0.0499. The van der Waals surface area contributed by atoms with Gasteiger partial charge in [-0.25, -0.2) is 17.2 Å². The number of carbonyl (C=O) groups excluding carboxylic acids is 1. The van der Waals surface area contributed by atoms with Gasteiger partial charge in [0.05, 0.1) is 12.3 Å². The molecule has 0 heterocycles. The van der Waals surface area contributed by atoms with Crippen molar-refractivity contribution in [1.29, 1.82) is 0 Å². The molecule has 0 aliphatic heterocycles. The van der Waals surface area contributed by atoms with Gasteiger partial charge in [-0.05, 0) is 54.2 Å². The van der Waals surface area contributed by atoms with Crippen molar-refractivity contribution in [3.63, 3.8) is 0 Å². The highest BCUT2D eigenvalue weighted by Crippen LogP contribution is 2.54. The van der Waals surface area contributed by atoms with Crippen LogP contribution in [0.3, 0.4) is 0 Å². The predicted molar refractivity (Wildman–Crippen MR) is 122 cm³/mol. The zero-order chi connectivity index (χ0) is 24.1. The molecule has 8 heteroatoms. The van der Waals surface area contributed by atoms with Gasteiger partial charge < -0.3 is 5.32 Å². The van der Waals surface area contributed by atoms with E-state index in [9.17, 15) is 22.0 Å². The van der Waals surface area contributed by atoms with Crippen molar-refractivity contribution >= 4 is 21.6 Å². The fourth-order valence-electron chi connectivity index (χ4n) is 4.14. The van der Waals surface area contributed by atoms with Crippen LogP contribution in [0.25, 0.3) is 0 Å². The van der Waals surface area contributed by atoms with Gasteiger partial charge in [0.2, 0.25) is 15.9 Å². The van der Waals surface area contributed by atoms with Crippen LogP contribution in [0, 0.1) is 17.6 Å². The highest BCUT2D eigenvalue weighted by atomic mass is 32.2. The van der Waals surface area contributed by atoms with Crippen molar-refractivity contribution in [2.75, 3.05) is 11.0 Å². The molecule has 1 aliphatic rings. The molecule has 0 aromatic heterocycles. The molecule has 2 aromatic rings. The Balaban J connectivity index is 1.70. The normalized spacial score (nSPS) is 21.7. The summed E-state index contributed by atoms with van der Waals surface area (Å²) in [5, 5.41) is 2.95. The van der Waals surface area contributed by atoms with Gasteiger partial charge in [-0.1, -0.05) is 39.8 Å². The van der Waals surface area contributed by atoms with Gasteiger partial charge in [-0.3, -0.25) is 9.52 Å². The van der Waals surface area contributed by atoms with E-state index in [1.807, 2.05) is 13.8 Å². The Bertz CT molecular complexity index is 1120. The molecule has 0 unspecified atom stereocenters. The first-order chi connectivity index (χ1) is 14.6. The minimum atomic E-state index is -3.36. The quantitative estimate of drug-likeness (QED) is 0.646. The fraction of sp³-hybridized carbons (Fsp3) is 0.458. The first kappa shape index (κ1) is 24.2. The summed E-state index contributed by atoms with van der Waals surface area (Å²) in [7, 11) is -3.36. The summed E-state index contributed by atoms with van der Waals surface area (Å²) in [5.74, 6) is -1.73. The molecule has 1 aliphatic carbocycles. The fourth-order valence-corrected chi connectivity index (χ4v) is 4.70. The minimum Gasteiger partial charge on any atom is -0.349 e. The molecule has 1 saturated carbocycles. The second-order valence-electron chi connectivity index (χ2n) is 9.97. The molecule has 0 spiro atoms. The molecular formula is C24H30F2N2O3S. The molecule has 174 valence electrons. The highest BCUT2D eigenvalue weighted by Gasteiger charge is 2.56. The third-order valence-electron chi connectivity index (χ3n) is 6.08. The first-order valence-electron chi connectivity index (χ1n) is 10.5. The van der Waals surface area contributed by atoms with Gasteiger partial charge in [0, 0.05) is 22.6 Å². The van der Waals surface area contributed by atoms with Gasteiger partial charge in [-0.2, -0.15) is 0 Å². The number of benzene rings is 2. The maximum absolute atomic E-state index is 14.7. The molecule has 1 amide bonds. The molecule has 2 aromatic carbocycles. The second kappa shape index (κ2) is 8.14. The average molecular weight is 465 g/mol. The number of hydrogen-bond donors (Lipinski definition) is 2. The van der Waals surface area contributed by atoms with Crippen LogP contribution < -0.4 is 10.0 Å². The van der Waals surface area contributed by atoms with E-state index in [1.165, 1.54) is 12.1 Å². The maximum Gasteiger partial charge on any atom is 0.229 e. The van der Waals surface area contributed by atoms with E-state index >= 15 is 0 Å². The average Bonchev–Trinajstić information content (AvgIpc) is 3.32. The van der Waals surface area contributed by atoms with E-state index < -0.39 is 32.5 Å². The van der Waals surface area contributed by atoms with E-state index in [-0.39, 0.29) is 23.4 Å². The molecule has 0 saturated heterocycles. The Morgan fingerprint density at radius 2 is 1.66 bits per heavy atom. The van der Waals surface area contributed by atoms with Crippen LogP contribution in [0.4, 0.5) is 14.5 Å². The number of nitrogens with one attached hydrogen (secondary N) is 2. The second-order valence-corrected chi connectivity index (χ2v) is 11.7. The summed E-state index contributed by atoms with van der Waals surface area (Å²) in [6.07, 6.45) is 1.58. The van der Waals surface area contributed by atoms with Crippen LogP contribution in [-0.2, 0) is 25.6 Å². The SMILES string of the molecule is C[C@@H](NC(=O)[C@H]1C[C@]1(C)c1cc(F)c(C(C)(C)C)c(F)c1)c1ccc(NS(C)(=O)=O)cc1. The van der Waals surface area contributed by atoms with Crippen molar-refractivity contribution in [1.82, 2.24) is 5.32 Å². The standard InChI is InChI=1S/C24H30F2N2O3S/c1-14(15-7-9-17(10-8-15)28-32(6,30)31)27-22(29)18-13-24(18,5)16-11-19(25)21(20(26)12-16)23(2,3)4/h7-12,14,18,28H,13H2,1-6H3,(H,27,29)/t14-,18-,24-/m1/s1. The van der Waals surface area contributed by atoms with Crippen LogP contribution in [0.5, 0.6) is 0 Å². The summed E-state index contributed by atoms with van der Waals surface area (Å²) in [6.45, 7) is 8.95.